The molecule has 0 aliphatic carbocycles. The summed E-state index contributed by atoms with van der Waals surface area (Å²) < 4.78 is 12.0. The van der Waals surface area contributed by atoms with Gasteiger partial charge in [-0.15, -0.1) is 0 Å². The number of rotatable bonds is 8. The van der Waals surface area contributed by atoms with Crippen LogP contribution in [-0.4, -0.2) is 30.1 Å². The molecule has 27 heavy (non-hydrogen) atoms. The van der Waals surface area contributed by atoms with E-state index in [4.69, 9.17) is 9.47 Å². The maximum absolute atomic E-state index is 11.6. The summed E-state index contributed by atoms with van der Waals surface area (Å²) in [6.45, 7) is 3.55. The SMILES string of the molecule is CC1(C)OC(C(Cc2ccccc2)N=O)C(C(Cc2ccccc2)N=O)O1. The van der Waals surface area contributed by atoms with Crippen LogP contribution in [0.1, 0.15) is 25.0 Å². The number of ether oxygens (including phenoxy) is 2. The Hall–Kier alpha value is -2.44. The fourth-order valence-electron chi connectivity index (χ4n) is 3.55. The van der Waals surface area contributed by atoms with Gasteiger partial charge >= 0.3 is 0 Å². The fraction of sp³-hybridized carbons (Fsp3) is 0.429. The van der Waals surface area contributed by atoms with Gasteiger partial charge < -0.3 is 9.47 Å². The maximum atomic E-state index is 11.6. The van der Waals surface area contributed by atoms with Gasteiger partial charge in [-0.05, 0) is 25.0 Å². The van der Waals surface area contributed by atoms with E-state index in [0.717, 1.165) is 11.1 Å². The van der Waals surface area contributed by atoms with Crippen LogP contribution in [0.5, 0.6) is 0 Å². The lowest BCUT2D eigenvalue weighted by atomic mass is 9.92. The molecule has 0 N–H and O–H groups in total. The van der Waals surface area contributed by atoms with Crippen LogP contribution in [0, 0.1) is 9.81 Å². The zero-order valence-electron chi connectivity index (χ0n) is 15.5. The summed E-state index contributed by atoms with van der Waals surface area (Å²) in [6, 6.07) is 17.9. The van der Waals surface area contributed by atoms with Gasteiger partial charge in [-0.2, -0.15) is 9.81 Å². The molecule has 0 radical (unpaired) electrons. The van der Waals surface area contributed by atoms with Crippen LogP contribution in [0.2, 0.25) is 0 Å². The summed E-state index contributed by atoms with van der Waals surface area (Å²) in [7, 11) is 0. The second kappa shape index (κ2) is 8.50. The first kappa shape index (κ1) is 19.3. The van der Waals surface area contributed by atoms with E-state index in [0.29, 0.717) is 12.8 Å². The largest absolute Gasteiger partial charge is 0.342 e. The van der Waals surface area contributed by atoms with Crippen molar-refractivity contribution in [2.24, 2.45) is 10.4 Å². The number of hydrogen-bond donors (Lipinski definition) is 0. The zero-order valence-corrected chi connectivity index (χ0v) is 15.5. The Morgan fingerprint density at radius 2 is 1.15 bits per heavy atom. The van der Waals surface area contributed by atoms with E-state index >= 15 is 0 Å². The van der Waals surface area contributed by atoms with E-state index in [1.165, 1.54) is 0 Å². The first-order chi connectivity index (χ1) is 13.0. The van der Waals surface area contributed by atoms with Crippen LogP contribution < -0.4 is 0 Å². The minimum Gasteiger partial charge on any atom is -0.342 e. The lowest BCUT2D eigenvalue weighted by Crippen LogP contribution is -2.42. The van der Waals surface area contributed by atoms with Crippen LogP contribution in [-0.2, 0) is 22.3 Å². The van der Waals surface area contributed by atoms with E-state index in [-0.39, 0.29) is 0 Å². The molecule has 1 aliphatic rings. The summed E-state index contributed by atoms with van der Waals surface area (Å²) in [5.41, 5.74) is 1.96. The van der Waals surface area contributed by atoms with Gasteiger partial charge in [-0.3, -0.25) is 0 Å². The summed E-state index contributed by atoms with van der Waals surface area (Å²) >= 11 is 0. The summed E-state index contributed by atoms with van der Waals surface area (Å²) in [5, 5.41) is 6.61. The van der Waals surface area contributed by atoms with Crippen molar-refractivity contribution in [3.63, 3.8) is 0 Å². The normalized spacial score (nSPS) is 23.5. The lowest BCUT2D eigenvalue weighted by Gasteiger charge is -2.24. The van der Waals surface area contributed by atoms with Crippen LogP contribution in [0.3, 0.4) is 0 Å². The second-order valence-corrected chi connectivity index (χ2v) is 7.29. The predicted molar refractivity (Wildman–Crippen MR) is 103 cm³/mol. The number of nitrogens with zero attached hydrogens (tertiary/aromatic N) is 2. The third-order valence-electron chi connectivity index (χ3n) is 4.77. The molecule has 1 fully saturated rings. The molecule has 4 unspecified atom stereocenters. The molecule has 2 aromatic rings. The van der Waals surface area contributed by atoms with Crippen LogP contribution >= 0.6 is 0 Å². The van der Waals surface area contributed by atoms with E-state index in [9.17, 15) is 9.81 Å². The van der Waals surface area contributed by atoms with Crippen molar-refractivity contribution in [1.29, 1.82) is 0 Å². The Kier molecular flexibility index (Phi) is 6.08. The first-order valence-electron chi connectivity index (χ1n) is 9.11. The lowest BCUT2D eigenvalue weighted by molar-refractivity contribution is -0.149. The molecule has 0 bridgehead atoms. The van der Waals surface area contributed by atoms with Crippen molar-refractivity contribution in [2.75, 3.05) is 0 Å². The van der Waals surface area contributed by atoms with Crippen molar-refractivity contribution in [3.8, 4) is 0 Å². The molecule has 0 aromatic heterocycles. The van der Waals surface area contributed by atoms with Gasteiger partial charge in [0.05, 0.1) is 0 Å². The highest BCUT2D eigenvalue weighted by molar-refractivity contribution is 5.19. The topological polar surface area (TPSA) is 77.3 Å². The molecule has 2 aromatic carbocycles. The minimum atomic E-state index is -0.908. The third-order valence-corrected chi connectivity index (χ3v) is 4.77. The highest BCUT2D eigenvalue weighted by atomic mass is 16.8. The molecule has 6 heteroatoms. The van der Waals surface area contributed by atoms with Crippen molar-refractivity contribution < 1.29 is 9.47 Å². The highest BCUT2D eigenvalue weighted by Gasteiger charge is 2.49. The molecular formula is C21H24N2O4. The predicted octanol–water partition coefficient (Wildman–Crippen LogP) is 4.26. The molecule has 6 nitrogen and oxygen atoms in total. The Morgan fingerprint density at radius 3 is 1.48 bits per heavy atom. The third kappa shape index (κ3) is 4.84. The Bertz CT molecular complexity index is 688. The first-order valence-corrected chi connectivity index (χ1v) is 9.11. The monoisotopic (exact) mass is 368 g/mol. The molecule has 1 heterocycles. The van der Waals surface area contributed by atoms with Gasteiger partial charge in [0.2, 0.25) is 0 Å². The molecule has 0 amide bonds. The molecule has 142 valence electrons. The van der Waals surface area contributed by atoms with Gasteiger partial charge in [0.15, 0.2) is 5.79 Å². The fourth-order valence-corrected chi connectivity index (χ4v) is 3.55. The molecule has 1 aliphatic heterocycles. The second-order valence-electron chi connectivity index (χ2n) is 7.29. The molecule has 3 rings (SSSR count). The number of nitroso groups, excluding NO2 is 2. The van der Waals surface area contributed by atoms with E-state index in [1.54, 1.807) is 13.8 Å². The maximum Gasteiger partial charge on any atom is 0.163 e. The Balaban J connectivity index is 1.82. The molecule has 0 spiro atoms. The Morgan fingerprint density at radius 1 is 0.778 bits per heavy atom. The summed E-state index contributed by atoms with van der Waals surface area (Å²) in [6.07, 6.45) is -0.433. The number of benzene rings is 2. The van der Waals surface area contributed by atoms with Crippen LogP contribution in [0.4, 0.5) is 0 Å². The van der Waals surface area contributed by atoms with E-state index < -0.39 is 30.1 Å². The van der Waals surface area contributed by atoms with Gasteiger partial charge in [-0.25, -0.2) is 0 Å². The molecule has 1 saturated heterocycles. The average molecular weight is 368 g/mol. The highest BCUT2D eigenvalue weighted by Crippen LogP contribution is 2.35. The van der Waals surface area contributed by atoms with E-state index in [2.05, 4.69) is 10.4 Å². The Labute approximate surface area is 158 Å². The molecular weight excluding hydrogens is 344 g/mol. The standard InChI is InChI=1S/C21H24N2O4/c1-21(2)26-19(17(22-24)13-15-9-5-3-6-10-15)20(27-21)18(23-25)14-16-11-7-4-8-12-16/h3-12,17-20H,13-14H2,1-2H3. The average Bonchev–Trinajstić information content (AvgIpc) is 3.01. The van der Waals surface area contributed by atoms with Crippen molar-refractivity contribution in [3.05, 3.63) is 81.6 Å². The molecule has 4 atom stereocenters. The van der Waals surface area contributed by atoms with Crippen LogP contribution in [0.15, 0.2) is 71.0 Å². The molecule has 0 saturated carbocycles. The zero-order chi connectivity index (χ0) is 19.3. The van der Waals surface area contributed by atoms with Crippen molar-refractivity contribution in [2.45, 2.75) is 56.8 Å². The van der Waals surface area contributed by atoms with Gasteiger partial charge in [0.25, 0.3) is 0 Å². The van der Waals surface area contributed by atoms with Crippen molar-refractivity contribution in [1.82, 2.24) is 0 Å². The van der Waals surface area contributed by atoms with Gasteiger partial charge in [0, 0.05) is 12.8 Å². The quantitative estimate of drug-likeness (QED) is 0.652. The summed E-state index contributed by atoms with van der Waals surface area (Å²) in [5.74, 6) is -0.908. The minimum absolute atomic E-state index is 0.419. The number of hydrogen-bond acceptors (Lipinski definition) is 6. The van der Waals surface area contributed by atoms with Crippen molar-refractivity contribution >= 4 is 0 Å². The van der Waals surface area contributed by atoms with Crippen LogP contribution in [0.25, 0.3) is 0 Å². The smallest absolute Gasteiger partial charge is 0.163 e. The summed E-state index contributed by atoms with van der Waals surface area (Å²) in [4.78, 5) is 23.3. The van der Waals surface area contributed by atoms with Gasteiger partial charge in [0.1, 0.15) is 24.3 Å². The van der Waals surface area contributed by atoms with Gasteiger partial charge in [-0.1, -0.05) is 71.0 Å². The van der Waals surface area contributed by atoms with E-state index in [1.807, 2.05) is 60.7 Å².